The molecule has 0 amide bonds. The molecule has 158 valence electrons. The molecule has 6 rings (SSSR count). The summed E-state index contributed by atoms with van der Waals surface area (Å²) in [5.41, 5.74) is 4.12. The number of fused-ring (bicyclic) bond motifs is 1. The van der Waals surface area contributed by atoms with Gasteiger partial charge in [-0.25, -0.2) is 9.67 Å². The smallest absolute Gasteiger partial charge is 0.160 e. The topological polar surface area (TPSA) is 86.3 Å². The molecule has 5 aromatic rings. The molecule has 4 aromatic heterocycles. The van der Waals surface area contributed by atoms with Gasteiger partial charge in [-0.15, -0.1) is 5.10 Å². The average molecular weight is 424 g/mol. The molecule has 1 aliphatic heterocycles. The standard InChI is InChI=1S/C23H20N8O/c1-2-5-17(6-3-1)18-8-10-30(27-18)21-16-23(29-11-13-32-14-12-29)31-22(25-21)15-20(28-31)19-7-4-9-24-26-19/h1-10,15-16H,11-14H2. The van der Waals surface area contributed by atoms with Gasteiger partial charge in [0.15, 0.2) is 11.5 Å². The van der Waals surface area contributed by atoms with Crippen LogP contribution in [0.5, 0.6) is 0 Å². The second kappa shape index (κ2) is 7.86. The molecule has 1 saturated heterocycles. The highest BCUT2D eigenvalue weighted by atomic mass is 16.5. The van der Waals surface area contributed by atoms with Crippen molar-refractivity contribution in [2.75, 3.05) is 31.2 Å². The Kier molecular flexibility index (Phi) is 4.58. The zero-order valence-corrected chi connectivity index (χ0v) is 17.2. The third-order valence-electron chi connectivity index (χ3n) is 5.46. The van der Waals surface area contributed by atoms with Gasteiger partial charge in [0.1, 0.15) is 17.2 Å². The molecule has 9 heteroatoms. The van der Waals surface area contributed by atoms with Crippen molar-refractivity contribution in [3.05, 3.63) is 73.1 Å². The minimum atomic E-state index is 0.678. The van der Waals surface area contributed by atoms with Crippen LogP contribution in [0.2, 0.25) is 0 Å². The van der Waals surface area contributed by atoms with E-state index < -0.39 is 0 Å². The molecule has 0 bridgehead atoms. The van der Waals surface area contributed by atoms with E-state index in [0.29, 0.717) is 18.9 Å². The molecule has 0 spiro atoms. The molecule has 1 aliphatic rings. The first-order valence-electron chi connectivity index (χ1n) is 10.5. The fraction of sp³-hybridized carbons (Fsp3) is 0.174. The van der Waals surface area contributed by atoms with E-state index in [-0.39, 0.29) is 0 Å². The number of ether oxygens (including phenoxy) is 1. The number of benzene rings is 1. The van der Waals surface area contributed by atoms with Gasteiger partial charge in [-0.2, -0.15) is 19.8 Å². The summed E-state index contributed by atoms with van der Waals surface area (Å²) in [5, 5.41) is 17.7. The fourth-order valence-corrected chi connectivity index (χ4v) is 3.86. The molecular formula is C23H20N8O. The number of nitrogens with zero attached hydrogens (tertiary/aromatic N) is 8. The highest BCUT2D eigenvalue weighted by Crippen LogP contribution is 2.25. The van der Waals surface area contributed by atoms with E-state index in [0.717, 1.165) is 47.3 Å². The molecule has 0 saturated carbocycles. The van der Waals surface area contributed by atoms with E-state index in [9.17, 15) is 0 Å². The minimum Gasteiger partial charge on any atom is -0.378 e. The maximum absolute atomic E-state index is 5.55. The van der Waals surface area contributed by atoms with Crippen LogP contribution in [0.15, 0.2) is 73.1 Å². The molecule has 9 nitrogen and oxygen atoms in total. The van der Waals surface area contributed by atoms with E-state index >= 15 is 0 Å². The average Bonchev–Trinajstić information content (AvgIpc) is 3.53. The molecule has 32 heavy (non-hydrogen) atoms. The van der Waals surface area contributed by atoms with Gasteiger partial charge in [0.25, 0.3) is 0 Å². The number of aromatic nitrogens is 7. The minimum absolute atomic E-state index is 0.678. The zero-order chi connectivity index (χ0) is 21.3. The molecular weight excluding hydrogens is 404 g/mol. The van der Waals surface area contributed by atoms with Crippen molar-refractivity contribution < 1.29 is 4.74 Å². The number of anilines is 1. The van der Waals surface area contributed by atoms with Gasteiger partial charge in [-0.3, -0.25) is 0 Å². The molecule has 0 N–H and O–H groups in total. The van der Waals surface area contributed by atoms with Crippen molar-refractivity contribution in [1.29, 1.82) is 0 Å². The van der Waals surface area contributed by atoms with Crippen molar-refractivity contribution in [2.24, 2.45) is 0 Å². The van der Waals surface area contributed by atoms with Gasteiger partial charge in [-0.05, 0) is 18.2 Å². The Morgan fingerprint density at radius 1 is 0.812 bits per heavy atom. The van der Waals surface area contributed by atoms with Crippen LogP contribution in [0.4, 0.5) is 5.82 Å². The van der Waals surface area contributed by atoms with Gasteiger partial charge in [0.05, 0.1) is 18.9 Å². The van der Waals surface area contributed by atoms with E-state index in [4.69, 9.17) is 19.9 Å². The van der Waals surface area contributed by atoms with Crippen LogP contribution in [0.3, 0.4) is 0 Å². The van der Waals surface area contributed by atoms with Gasteiger partial charge in [0.2, 0.25) is 0 Å². The molecule has 1 fully saturated rings. The third-order valence-corrected chi connectivity index (χ3v) is 5.46. The largest absolute Gasteiger partial charge is 0.378 e. The molecule has 0 atom stereocenters. The number of hydrogen-bond donors (Lipinski definition) is 0. The van der Waals surface area contributed by atoms with Crippen LogP contribution in [0.25, 0.3) is 34.1 Å². The number of hydrogen-bond acceptors (Lipinski definition) is 7. The monoisotopic (exact) mass is 424 g/mol. The van der Waals surface area contributed by atoms with Gasteiger partial charge in [0, 0.05) is 43.2 Å². The summed E-state index contributed by atoms with van der Waals surface area (Å²) >= 11 is 0. The van der Waals surface area contributed by atoms with Gasteiger partial charge in [-0.1, -0.05) is 30.3 Å². The SMILES string of the molecule is c1ccc(-c2ccn(-c3cc(N4CCOCC4)n4nc(-c5cccnn5)cc4n3)n2)cc1. The lowest BCUT2D eigenvalue weighted by Crippen LogP contribution is -2.37. The first kappa shape index (κ1) is 18.6. The highest BCUT2D eigenvalue weighted by Gasteiger charge is 2.19. The van der Waals surface area contributed by atoms with Crippen molar-refractivity contribution in [3.63, 3.8) is 0 Å². The van der Waals surface area contributed by atoms with Crippen LogP contribution in [0, 0.1) is 0 Å². The predicted octanol–water partition coefficient (Wildman–Crippen LogP) is 2.88. The van der Waals surface area contributed by atoms with Crippen molar-refractivity contribution >= 4 is 11.5 Å². The Labute approximate surface area is 183 Å². The van der Waals surface area contributed by atoms with E-state index in [2.05, 4.69) is 15.1 Å². The number of rotatable bonds is 4. The summed E-state index contributed by atoms with van der Waals surface area (Å²) < 4.78 is 9.22. The Hall–Kier alpha value is -4.11. The second-order valence-corrected chi connectivity index (χ2v) is 7.49. The van der Waals surface area contributed by atoms with Crippen LogP contribution in [-0.4, -0.2) is 60.9 Å². The Morgan fingerprint density at radius 2 is 1.69 bits per heavy atom. The van der Waals surface area contributed by atoms with Crippen molar-refractivity contribution in [3.8, 4) is 28.5 Å². The predicted molar refractivity (Wildman–Crippen MR) is 120 cm³/mol. The fourth-order valence-electron chi connectivity index (χ4n) is 3.86. The summed E-state index contributed by atoms with van der Waals surface area (Å²) in [7, 11) is 0. The van der Waals surface area contributed by atoms with Crippen molar-refractivity contribution in [2.45, 2.75) is 0 Å². The van der Waals surface area contributed by atoms with Crippen LogP contribution < -0.4 is 4.90 Å². The lowest BCUT2D eigenvalue weighted by Gasteiger charge is -2.29. The third kappa shape index (κ3) is 3.38. The van der Waals surface area contributed by atoms with Crippen LogP contribution >= 0.6 is 0 Å². The molecule has 0 radical (unpaired) electrons. The summed E-state index contributed by atoms with van der Waals surface area (Å²) in [6.07, 6.45) is 3.58. The summed E-state index contributed by atoms with van der Waals surface area (Å²) in [5.74, 6) is 1.67. The molecule has 0 aliphatic carbocycles. The summed E-state index contributed by atoms with van der Waals surface area (Å²) in [6, 6.07) is 19.8. The zero-order valence-electron chi connectivity index (χ0n) is 17.2. The highest BCUT2D eigenvalue weighted by molar-refractivity contribution is 5.64. The lowest BCUT2D eigenvalue weighted by atomic mass is 10.2. The summed E-state index contributed by atoms with van der Waals surface area (Å²) in [4.78, 5) is 7.11. The first-order valence-corrected chi connectivity index (χ1v) is 10.5. The van der Waals surface area contributed by atoms with Gasteiger partial charge >= 0.3 is 0 Å². The lowest BCUT2D eigenvalue weighted by molar-refractivity contribution is 0.122. The molecule has 0 unspecified atom stereocenters. The Morgan fingerprint density at radius 3 is 2.50 bits per heavy atom. The van der Waals surface area contributed by atoms with Crippen LogP contribution in [-0.2, 0) is 4.74 Å². The normalized spacial score (nSPS) is 14.2. The van der Waals surface area contributed by atoms with E-state index in [1.54, 1.807) is 10.9 Å². The molecule has 1 aromatic carbocycles. The quantitative estimate of drug-likeness (QED) is 0.438. The molecule has 5 heterocycles. The number of morpholine rings is 1. The first-order chi connectivity index (χ1) is 15.8. The van der Waals surface area contributed by atoms with E-state index in [1.165, 1.54) is 0 Å². The second-order valence-electron chi connectivity index (χ2n) is 7.49. The van der Waals surface area contributed by atoms with Crippen LogP contribution in [0.1, 0.15) is 0 Å². The van der Waals surface area contributed by atoms with Gasteiger partial charge < -0.3 is 9.64 Å². The Balaban J connectivity index is 1.48. The maximum atomic E-state index is 5.55. The Bertz CT molecular complexity index is 1360. The van der Waals surface area contributed by atoms with E-state index in [1.807, 2.05) is 71.4 Å². The van der Waals surface area contributed by atoms with Crippen molar-refractivity contribution in [1.82, 2.24) is 34.6 Å². The summed E-state index contributed by atoms with van der Waals surface area (Å²) in [6.45, 7) is 2.93. The maximum Gasteiger partial charge on any atom is 0.160 e.